The van der Waals surface area contributed by atoms with Crippen molar-refractivity contribution in [1.82, 2.24) is 10.5 Å². The lowest BCUT2D eigenvalue weighted by atomic mass is 9.99. The molecule has 1 rings (SSSR count). The first-order valence-corrected chi connectivity index (χ1v) is 5.37. The highest BCUT2D eigenvalue weighted by Crippen LogP contribution is 2.11. The van der Waals surface area contributed by atoms with Crippen LogP contribution in [0.15, 0.2) is 10.6 Å². The van der Waals surface area contributed by atoms with Crippen molar-refractivity contribution in [2.24, 2.45) is 0 Å². The summed E-state index contributed by atoms with van der Waals surface area (Å²) >= 11 is 0. The Morgan fingerprint density at radius 3 is 2.88 bits per heavy atom. The minimum absolute atomic E-state index is 0.127. The molecule has 0 saturated carbocycles. The molecule has 0 fully saturated rings. The molecule has 0 bridgehead atoms. The van der Waals surface area contributed by atoms with Crippen LogP contribution in [0.4, 0.5) is 0 Å². The number of nitrogens with zero attached hydrogens (tertiary/aromatic N) is 1. The van der Waals surface area contributed by atoms with Gasteiger partial charge in [-0.25, -0.2) is 0 Å². The molecule has 0 radical (unpaired) electrons. The summed E-state index contributed by atoms with van der Waals surface area (Å²) in [7, 11) is 1.65. The molecular weight excluding hydrogens is 208 g/mol. The van der Waals surface area contributed by atoms with Crippen LogP contribution in [0, 0.1) is 6.92 Å². The summed E-state index contributed by atoms with van der Waals surface area (Å²) in [6.45, 7) is 5.15. The molecule has 0 amide bonds. The predicted octanol–water partition coefficient (Wildman–Crippen LogP) is 0.860. The molecule has 1 aromatic rings. The number of ether oxygens (including phenoxy) is 1. The van der Waals surface area contributed by atoms with E-state index in [1.165, 1.54) is 0 Å². The largest absolute Gasteiger partial charge is 0.396 e. The normalized spacial score (nSPS) is 15.0. The van der Waals surface area contributed by atoms with Crippen LogP contribution in [0.5, 0.6) is 0 Å². The molecule has 0 aliphatic heterocycles. The Bertz CT molecular complexity index is 306. The number of aliphatic hydroxyl groups excluding tert-OH is 1. The number of aryl methyl sites for hydroxylation is 1. The van der Waals surface area contributed by atoms with E-state index in [0.29, 0.717) is 19.6 Å². The van der Waals surface area contributed by atoms with Crippen molar-refractivity contribution >= 4 is 0 Å². The fraction of sp³-hybridized carbons (Fsp3) is 0.727. The Hall–Kier alpha value is -0.910. The van der Waals surface area contributed by atoms with E-state index >= 15 is 0 Å². The zero-order chi connectivity index (χ0) is 12.0. The lowest BCUT2D eigenvalue weighted by Gasteiger charge is -2.29. The average Bonchev–Trinajstić information content (AvgIpc) is 2.62. The second-order valence-corrected chi connectivity index (χ2v) is 4.26. The molecule has 0 aliphatic carbocycles. The highest BCUT2D eigenvalue weighted by Gasteiger charge is 2.23. The van der Waals surface area contributed by atoms with Gasteiger partial charge in [0.1, 0.15) is 0 Å². The van der Waals surface area contributed by atoms with Crippen molar-refractivity contribution in [3.05, 3.63) is 17.5 Å². The van der Waals surface area contributed by atoms with Crippen LogP contribution < -0.4 is 5.32 Å². The number of aromatic nitrogens is 1. The van der Waals surface area contributed by atoms with Crippen LogP contribution in [-0.4, -0.2) is 36.1 Å². The van der Waals surface area contributed by atoms with E-state index in [2.05, 4.69) is 10.5 Å². The van der Waals surface area contributed by atoms with Gasteiger partial charge in [0.15, 0.2) is 5.76 Å². The van der Waals surface area contributed by atoms with E-state index in [0.717, 1.165) is 11.5 Å². The van der Waals surface area contributed by atoms with Crippen LogP contribution >= 0.6 is 0 Å². The molecule has 1 atom stereocenters. The van der Waals surface area contributed by atoms with Crippen molar-refractivity contribution < 1.29 is 14.4 Å². The molecule has 0 aromatic carbocycles. The summed E-state index contributed by atoms with van der Waals surface area (Å²) in [4.78, 5) is 0. The molecular formula is C11H20N2O3. The summed E-state index contributed by atoms with van der Waals surface area (Å²) in [5.74, 6) is 0.790. The van der Waals surface area contributed by atoms with Crippen LogP contribution in [0.3, 0.4) is 0 Å². The SMILES string of the molecule is COC[C@](C)(CCO)NCc1cc(C)no1. The minimum Gasteiger partial charge on any atom is -0.396 e. The van der Waals surface area contributed by atoms with Crippen molar-refractivity contribution in [3.63, 3.8) is 0 Å². The van der Waals surface area contributed by atoms with Gasteiger partial charge in [-0.2, -0.15) is 0 Å². The molecule has 0 aliphatic rings. The number of methoxy groups -OCH3 is 1. The zero-order valence-electron chi connectivity index (χ0n) is 10.1. The van der Waals surface area contributed by atoms with Gasteiger partial charge in [0.25, 0.3) is 0 Å². The second-order valence-electron chi connectivity index (χ2n) is 4.26. The molecule has 2 N–H and O–H groups in total. The summed E-state index contributed by atoms with van der Waals surface area (Å²) in [5, 5.41) is 16.1. The lowest BCUT2D eigenvalue weighted by molar-refractivity contribution is 0.0951. The first-order chi connectivity index (χ1) is 7.59. The van der Waals surface area contributed by atoms with Gasteiger partial charge in [-0.3, -0.25) is 0 Å². The first kappa shape index (κ1) is 13.2. The number of hydrogen-bond donors (Lipinski definition) is 2. The van der Waals surface area contributed by atoms with Gasteiger partial charge in [0, 0.05) is 25.3 Å². The Labute approximate surface area is 95.8 Å². The van der Waals surface area contributed by atoms with Crippen LogP contribution in [-0.2, 0) is 11.3 Å². The average molecular weight is 228 g/mol. The van der Waals surface area contributed by atoms with Gasteiger partial charge in [-0.1, -0.05) is 5.16 Å². The van der Waals surface area contributed by atoms with Gasteiger partial charge >= 0.3 is 0 Å². The Morgan fingerprint density at radius 2 is 2.38 bits per heavy atom. The lowest BCUT2D eigenvalue weighted by Crippen LogP contribution is -2.46. The van der Waals surface area contributed by atoms with Gasteiger partial charge in [-0.05, 0) is 20.3 Å². The van der Waals surface area contributed by atoms with E-state index in [1.807, 2.05) is 19.9 Å². The Kier molecular flexibility index (Phi) is 4.92. The van der Waals surface area contributed by atoms with E-state index in [9.17, 15) is 0 Å². The molecule has 1 heterocycles. The monoisotopic (exact) mass is 228 g/mol. The third-order valence-corrected chi connectivity index (χ3v) is 2.49. The fourth-order valence-electron chi connectivity index (χ4n) is 1.58. The van der Waals surface area contributed by atoms with Crippen molar-refractivity contribution in [1.29, 1.82) is 0 Å². The Morgan fingerprint density at radius 1 is 1.62 bits per heavy atom. The molecule has 16 heavy (non-hydrogen) atoms. The molecule has 92 valence electrons. The Balaban J connectivity index is 2.49. The molecule has 0 spiro atoms. The second kappa shape index (κ2) is 5.98. The quantitative estimate of drug-likeness (QED) is 0.724. The van der Waals surface area contributed by atoms with Crippen molar-refractivity contribution in [3.8, 4) is 0 Å². The highest BCUT2D eigenvalue weighted by molar-refractivity contribution is 5.03. The molecule has 5 nitrogen and oxygen atoms in total. The first-order valence-electron chi connectivity index (χ1n) is 5.37. The number of aliphatic hydroxyl groups is 1. The van der Waals surface area contributed by atoms with Gasteiger partial charge in [0.05, 0.1) is 18.8 Å². The molecule has 1 aromatic heterocycles. The van der Waals surface area contributed by atoms with E-state index in [1.54, 1.807) is 7.11 Å². The van der Waals surface area contributed by atoms with E-state index < -0.39 is 0 Å². The molecule has 0 saturated heterocycles. The standard InChI is InChI=1S/C11H20N2O3/c1-9-6-10(16-13-9)7-12-11(2,4-5-14)8-15-3/h6,12,14H,4-5,7-8H2,1-3H3/t11-/m0/s1. The summed E-state index contributed by atoms with van der Waals surface area (Å²) in [5.41, 5.74) is 0.622. The van der Waals surface area contributed by atoms with Crippen LogP contribution in [0.1, 0.15) is 24.8 Å². The smallest absolute Gasteiger partial charge is 0.150 e. The van der Waals surface area contributed by atoms with Gasteiger partial charge in [-0.15, -0.1) is 0 Å². The summed E-state index contributed by atoms with van der Waals surface area (Å²) < 4.78 is 10.2. The third-order valence-electron chi connectivity index (χ3n) is 2.49. The topological polar surface area (TPSA) is 67.5 Å². The maximum Gasteiger partial charge on any atom is 0.150 e. The predicted molar refractivity (Wildman–Crippen MR) is 60.1 cm³/mol. The summed E-state index contributed by atoms with van der Waals surface area (Å²) in [6, 6.07) is 1.89. The molecule has 0 unspecified atom stereocenters. The van der Waals surface area contributed by atoms with Crippen molar-refractivity contribution in [2.45, 2.75) is 32.4 Å². The van der Waals surface area contributed by atoms with Crippen molar-refractivity contribution in [2.75, 3.05) is 20.3 Å². The highest BCUT2D eigenvalue weighted by atomic mass is 16.5. The van der Waals surface area contributed by atoms with Gasteiger partial charge < -0.3 is 19.7 Å². The fourth-order valence-corrected chi connectivity index (χ4v) is 1.58. The van der Waals surface area contributed by atoms with Crippen LogP contribution in [0.2, 0.25) is 0 Å². The van der Waals surface area contributed by atoms with E-state index in [-0.39, 0.29) is 12.1 Å². The molecule has 5 heteroatoms. The number of hydrogen-bond acceptors (Lipinski definition) is 5. The van der Waals surface area contributed by atoms with E-state index in [4.69, 9.17) is 14.4 Å². The maximum atomic E-state index is 9.00. The summed E-state index contributed by atoms with van der Waals surface area (Å²) in [6.07, 6.45) is 0.633. The maximum absolute atomic E-state index is 9.00. The third kappa shape index (κ3) is 3.92. The van der Waals surface area contributed by atoms with Crippen LogP contribution in [0.25, 0.3) is 0 Å². The minimum atomic E-state index is -0.246. The number of rotatable bonds is 7. The zero-order valence-corrected chi connectivity index (χ0v) is 10.1. The van der Waals surface area contributed by atoms with Gasteiger partial charge in [0.2, 0.25) is 0 Å². The number of nitrogens with one attached hydrogen (secondary N) is 1.